The zero-order valence-electron chi connectivity index (χ0n) is 12.9. The second kappa shape index (κ2) is 4.00. The quantitative estimate of drug-likeness (QED) is 0.587. The lowest BCUT2D eigenvalue weighted by molar-refractivity contribution is -0.464. The third kappa shape index (κ3) is 1.66. The number of carbonyl (C=O) groups is 2. The lowest BCUT2D eigenvalue weighted by Crippen LogP contribution is -2.66. The van der Waals surface area contributed by atoms with Crippen molar-refractivity contribution in [2.24, 2.45) is 10.8 Å². The van der Waals surface area contributed by atoms with Crippen LogP contribution in [0.3, 0.4) is 0 Å². The summed E-state index contributed by atoms with van der Waals surface area (Å²) in [4.78, 5) is 35.6. The van der Waals surface area contributed by atoms with Crippen molar-refractivity contribution in [1.82, 2.24) is 0 Å². The number of rotatable bonds is 1. The van der Waals surface area contributed by atoms with Gasteiger partial charge in [0.2, 0.25) is 5.79 Å². The van der Waals surface area contributed by atoms with E-state index >= 15 is 0 Å². The molecule has 1 aliphatic heterocycles. The van der Waals surface area contributed by atoms with E-state index in [1.54, 1.807) is 40.7 Å². The standard InChI is InChI=1S/C15H22O5/c1-7-14(6)8-9-10(16)12(2,3)11(17)13(4,5)15(9,18)20-19-14/h8,18H,7H2,1-6H3/t14-,15?/m0/s1. The minimum atomic E-state index is -2.04. The van der Waals surface area contributed by atoms with Crippen LogP contribution in [0.4, 0.5) is 0 Å². The number of hydrogen-bond donors (Lipinski definition) is 1. The third-order valence-electron chi connectivity index (χ3n) is 4.66. The Hall–Kier alpha value is -1.04. The summed E-state index contributed by atoms with van der Waals surface area (Å²) in [5.41, 5.74) is -3.13. The number of fused-ring (bicyclic) bond motifs is 1. The Bertz CT molecular complexity index is 516. The fourth-order valence-corrected chi connectivity index (χ4v) is 2.82. The fraction of sp³-hybridized carbons (Fsp3) is 0.733. The number of ketones is 2. The van der Waals surface area contributed by atoms with Crippen molar-refractivity contribution in [2.75, 3.05) is 0 Å². The van der Waals surface area contributed by atoms with Gasteiger partial charge in [0, 0.05) is 0 Å². The van der Waals surface area contributed by atoms with Crippen molar-refractivity contribution >= 4 is 11.6 Å². The predicted molar refractivity (Wildman–Crippen MR) is 71.5 cm³/mol. The Morgan fingerprint density at radius 2 is 1.65 bits per heavy atom. The maximum absolute atomic E-state index is 12.6. The molecule has 0 aromatic heterocycles. The summed E-state index contributed by atoms with van der Waals surface area (Å²) in [6.07, 6.45) is 2.17. The van der Waals surface area contributed by atoms with Crippen LogP contribution in [-0.4, -0.2) is 28.1 Å². The molecule has 1 saturated carbocycles. The van der Waals surface area contributed by atoms with E-state index in [4.69, 9.17) is 9.78 Å². The van der Waals surface area contributed by atoms with E-state index < -0.39 is 28.0 Å². The zero-order chi connectivity index (χ0) is 15.6. The molecule has 0 saturated heterocycles. The topological polar surface area (TPSA) is 72.8 Å². The Morgan fingerprint density at radius 3 is 2.15 bits per heavy atom. The van der Waals surface area contributed by atoms with Crippen LogP contribution in [0.1, 0.15) is 48.0 Å². The molecule has 0 spiro atoms. The molecule has 0 aromatic rings. The van der Waals surface area contributed by atoms with Crippen molar-refractivity contribution in [1.29, 1.82) is 0 Å². The van der Waals surface area contributed by atoms with Crippen LogP contribution in [-0.2, 0) is 19.4 Å². The van der Waals surface area contributed by atoms with Gasteiger partial charge in [0.15, 0.2) is 11.6 Å². The van der Waals surface area contributed by atoms with Gasteiger partial charge >= 0.3 is 0 Å². The van der Waals surface area contributed by atoms with Gasteiger partial charge in [0.25, 0.3) is 0 Å². The monoisotopic (exact) mass is 282 g/mol. The highest BCUT2D eigenvalue weighted by atomic mass is 17.2. The Morgan fingerprint density at radius 1 is 1.10 bits per heavy atom. The van der Waals surface area contributed by atoms with Gasteiger partial charge in [-0.2, -0.15) is 4.89 Å². The second-order valence-electron chi connectivity index (χ2n) is 6.94. The zero-order valence-corrected chi connectivity index (χ0v) is 12.9. The van der Waals surface area contributed by atoms with Gasteiger partial charge in [0.05, 0.1) is 16.4 Å². The molecule has 1 N–H and O–H groups in total. The molecule has 1 heterocycles. The molecule has 1 aliphatic carbocycles. The highest BCUT2D eigenvalue weighted by Gasteiger charge is 2.67. The number of Topliss-reactive ketones (excluding diaryl/α,β-unsaturated/α-hetero) is 2. The number of hydrogen-bond acceptors (Lipinski definition) is 5. The van der Waals surface area contributed by atoms with Gasteiger partial charge in [-0.1, -0.05) is 6.92 Å². The summed E-state index contributed by atoms with van der Waals surface area (Å²) < 4.78 is 0. The van der Waals surface area contributed by atoms with Gasteiger partial charge in [-0.15, -0.1) is 0 Å². The maximum atomic E-state index is 12.6. The molecule has 2 aliphatic rings. The van der Waals surface area contributed by atoms with E-state index in [-0.39, 0.29) is 11.4 Å². The summed E-state index contributed by atoms with van der Waals surface area (Å²) in [7, 11) is 0. The lowest BCUT2D eigenvalue weighted by atomic mass is 9.57. The molecule has 0 aromatic carbocycles. The van der Waals surface area contributed by atoms with Crippen LogP contribution < -0.4 is 0 Å². The SMILES string of the molecule is CC[C@@]1(C)C=C2C(=O)C(C)(C)C(=O)C(C)(C)C2(O)OO1. The Labute approximate surface area is 118 Å². The second-order valence-corrected chi connectivity index (χ2v) is 6.94. The van der Waals surface area contributed by atoms with Crippen LogP contribution in [0.25, 0.3) is 0 Å². The van der Waals surface area contributed by atoms with E-state index in [9.17, 15) is 14.7 Å². The van der Waals surface area contributed by atoms with Crippen LogP contribution in [0.2, 0.25) is 0 Å². The van der Waals surface area contributed by atoms with E-state index in [0.717, 1.165) is 0 Å². The van der Waals surface area contributed by atoms with E-state index in [1.165, 1.54) is 0 Å². The van der Waals surface area contributed by atoms with Crippen LogP contribution >= 0.6 is 0 Å². The summed E-state index contributed by atoms with van der Waals surface area (Å²) in [6.45, 7) is 9.95. The third-order valence-corrected chi connectivity index (χ3v) is 4.66. The molecule has 5 nitrogen and oxygen atoms in total. The first-order valence-corrected chi connectivity index (χ1v) is 6.84. The highest BCUT2D eigenvalue weighted by molar-refractivity contribution is 6.19. The highest BCUT2D eigenvalue weighted by Crippen LogP contribution is 2.53. The average Bonchev–Trinajstić information content (AvgIpc) is 2.38. The van der Waals surface area contributed by atoms with Crippen molar-refractivity contribution in [2.45, 2.75) is 59.4 Å². The van der Waals surface area contributed by atoms with Crippen molar-refractivity contribution < 1.29 is 24.5 Å². The molecule has 0 amide bonds. The summed E-state index contributed by atoms with van der Waals surface area (Å²) in [5, 5.41) is 10.8. The first kappa shape index (κ1) is 15.4. The van der Waals surface area contributed by atoms with Gasteiger partial charge in [-0.3, -0.25) is 9.59 Å². The Balaban J connectivity index is 2.69. The van der Waals surface area contributed by atoms with Crippen molar-refractivity contribution in [3.05, 3.63) is 11.6 Å². The van der Waals surface area contributed by atoms with E-state index in [0.29, 0.717) is 6.42 Å². The maximum Gasteiger partial charge on any atom is 0.240 e. The predicted octanol–water partition coefficient (Wildman–Crippen LogP) is 1.94. The van der Waals surface area contributed by atoms with E-state index in [2.05, 4.69) is 0 Å². The molecule has 1 unspecified atom stereocenters. The largest absolute Gasteiger partial charge is 0.359 e. The van der Waals surface area contributed by atoms with Crippen LogP contribution in [0.15, 0.2) is 11.6 Å². The minimum Gasteiger partial charge on any atom is -0.359 e. The van der Waals surface area contributed by atoms with Gasteiger partial charge in [-0.25, -0.2) is 4.89 Å². The Kier molecular flexibility index (Phi) is 3.07. The van der Waals surface area contributed by atoms with Crippen LogP contribution in [0, 0.1) is 10.8 Å². The average molecular weight is 282 g/mol. The van der Waals surface area contributed by atoms with Gasteiger partial charge in [-0.05, 0) is 47.1 Å². The molecule has 0 radical (unpaired) electrons. The molecule has 1 fully saturated rings. The molecule has 5 heteroatoms. The fourth-order valence-electron chi connectivity index (χ4n) is 2.82. The molecule has 2 rings (SSSR count). The molecular weight excluding hydrogens is 260 g/mol. The van der Waals surface area contributed by atoms with E-state index in [1.807, 2.05) is 6.92 Å². The summed E-state index contributed by atoms with van der Waals surface area (Å²) >= 11 is 0. The molecule has 20 heavy (non-hydrogen) atoms. The number of carbonyl (C=O) groups excluding carboxylic acids is 2. The summed E-state index contributed by atoms with van der Waals surface area (Å²) in [6, 6.07) is 0. The number of aliphatic hydroxyl groups is 1. The van der Waals surface area contributed by atoms with Crippen molar-refractivity contribution in [3.8, 4) is 0 Å². The van der Waals surface area contributed by atoms with Gasteiger partial charge in [0.1, 0.15) is 5.60 Å². The molecule has 112 valence electrons. The molecule has 2 atom stereocenters. The van der Waals surface area contributed by atoms with Gasteiger partial charge < -0.3 is 5.11 Å². The lowest BCUT2D eigenvalue weighted by Gasteiger charge is -2.52. The molecule has 0 bridgehead atoms. The normalized spacial score (nSPS) is 39.2. The first-order chi connectivity index (χ1) is 8.92. The van der Waals surface area contributed by atoms with Crippen LogP contribution in [0.5, 0.6) is 0 Å². The first-order valence-electron chi connectivity index (χ1n) is 6.84. The van der Waals surface area contributed by atoms with Crippen molar-refractivity contribution in [3.63, 3.8) is 0 Å². The summed E-state index contributed by atoms with van der Waals surface area (Å²) in [5.74, 6) is -2.81. The molecular formula is C15H22O5. The smallest absolute Gasteiger partial charge is 0.240 e. The minimum absolute atomic E-state index is 0.114.